The Morgan fingerprint density at radius 2 is 1.82 bits per heavy atom. The zero-order chi connectivity index (χ0) is 28.8. The maximum atomic E-state index is 14.1. The van der Waals surface area contributed by atoms with Crippen LogP contribution in [0.25, 0.3) is 5.76 Å². The molecule has 0 saturated heterocycles. The molecule has 6 atom stereocenters. The van der Waals surface area contributed by atoms with Gasteiger partial charge in [0.15, 0.2) is 11.4 Å². The van der Waals surface area contributed by atoms with Gasteiger partial charge in [-0.3, -0.25) is 19.3 Å². The van der Waals surface area contributed by atoms with Crippen LogP contribution in [-0.4, -0.2) is 91.3 Å². The summed E-state index contributed by atoms with van der Waals surface area (Å²) in [4.78, 5) is 40.9. The number of primary amides is 1. The first-order valence-electron chi connectivity index (χ1n) is 13.1. The van der Waals surface area contributed by atoms with Gasteiger partial charge >= 0.3 is 0 Å². The number of Topliss-reactive ketones (excluding diaryl/α,β-unsaturated/α-hetero) is 2. The first kappa shape index (κ1) is 29.1. The van der Waals surface area contributed by atoms with Crippen LogP contribution in [0.3, 0.4) is 0 Å². The lowest BCUT2D eigenvalue weighted by molar-refractivity contribution is -0.169. The van der Waals surface area contributed by atoms with Crippen molar-refractivity contribution in [1.29, 1.82) is 0 Å². The van der Waals surface area contributed by atoms with E-state index < -0.39 is 70.1 Å². The summed E-state index contributed by atoms with van der Waals surface area (Å²) in [5.41, 5.74) is 1.69. The lowest BCUT2D eigenvalue weighted by atomic mass is 9.54. The first-order chi connectivity index (χ1) is 18.4. The summed E-state index contributed by atoms with van der Waals surface area (Å²) in [6, 6.07) is 3.30. The van der Waals surface area contributed by atoms with Gasteiger partial charge in [-0.25, -0.2) is 0 Å². The van der Waals surface area contributed by atoms with E-state index in [1.807, 2.05) is 0 Å². The van der Waals surface area contributed by atoms with Crippen molar-refractivity contribution in [3.63, 3.8) is 0 Å². The van der Waals surface area contributed by atoms with Crippen LogP contribution in [-0.2, 0) is 14.4 Å². The van der Waals surface area contributed by atoms with Crippen molar-refractivity contribution >= 4 is 35.0 Å². The summed E-state index contributed by atoms with van der Waals surface area (Å²) in [6.45, 7) is 2.12. The average molecular weight is 561 g/mol. The summed E-state index contributed by atoms with van der Waals surface area (Å²) >= 11 is 1.61. The number of amides is 1. The maximum absolute atomic E-state index is 14.1. The molecule has 3 unspecified atom stereocenters. The van der Waals surface area contributed by atoms with E-state index in [2.05, 4.69) is 6.92 Å². The molecule has 0 spiro atoms. The number of phenolic OH excluding ortho intramolecular Hbond substituents is 1. The summed E-state index contributed by atoms with van der Waals surface area (Å²) in [5, 5.41) is 56.6. The third kappa shape index (κ3) is 4.45. The molecule has 10 nitrogen and oxygen atoms in total. The average Bonchev–Trinajstić information content (AvgIpc) is 2.87. The van der Waals surface area contributed by atoms with Crippen molar-refractivity contribution in [2.24, 2.45) is 17.6 Å². The van der Waals surface area contributed by atoms with E-state index in [0.29, 0.717) is 11.3 Å². The van der Waals surface area contributed by atoms with Crippen LogP contribution in [0.2, 0.25) is 0 Å². The molecule has 0 aromatic heterocycles. The highest BCUT2D eigenvalue weighted by Crippen LogP contribution is 2.56. The number of nitrogens with two attached hydrogens (primary N) is 1. The van der Waals surface area contributed by atoms with Crippen LogP contribution in [0.4, 0.5) is 0 Å². The van der Waals surface area contributed by atoms with Gasteiger partial charge in [0.05, 0.1) is 23.6 Å². The number of likely N-dealkylation sites (N-methyl/N-ethyl adjacent to an activating group) is 1. The Hall–Kier alpha value is -2.86. The molecular weight excluding hydrogens is 524 g/mol. The minimum atomic E-state index is -2.91. The number of aromatic hydroxyl groups is 1. The van der Waals surface area contributed by atoms with E-state index in [1.165, 1.54) is 25.1 Å². The normalized spacial score (nSPS) is 30.4. The maximum Gasteiger partial charge on any atom is 0.255 e. The molecule has 1 aromatic rings. The summed E-state index contributed by atoms with van der Waals surface area (Å²) in [7, 11) is 2.98. The minimum absolute atomic E-state index is 0.0116. The van der Waals surface area contributed by atoms with E-state index in [9.17, 15) is 39.9 Å². The topological polar surface area (TPSA) is 182 Å². The number of fused-ring (bicyclic) bond motifs is 3. The van der Waals surface area contributed by atoms with E-state index >= 15 is 0 Å². The fourth-order valence-electron chi connectivity index (χ4n) is 6.43. The molecule has 11 heteroatoms. The summed E-state index contributed by atoms with van der Waals surface area (Å²) in [5.74, 6) is -7.49. The monoisotopic (exact) mass is 560 g/mol. The number of hydrogen-bond acceptors (Lipinski definition) is 10. The predicted molar refractivity (Wildman–Crippen MR) is 146 cm³/mol. The highest BCUT2D eigenvalue weighted by Gasteiger charge is 2.68. The second-order valence-electron chi connectivity index (χ2n) is 10.7. The molecule has 1 fully saturated rings. The molecule has 0 aliphatic heterocycles. The van der Waals surface area contributed by atoms with Crippen LogP contribution >= 0.6 is 11.8 Å². The van der Waals surface area contributed by atoms with Crippen LogP contribution in [0, 0.1) is 11.8 Å². The number of ketones is 2. The molecule has 1 saturated carbocycles. The number of rotatable bonds is 9. The SMILES string of the molecule is CCCCCCSC[C@H]1c2cccc(O)c2C(O)=C2C(=O)[C@]3(O)C(O)=C(C(N)=O)C(=O)[C@@H](N(C)C)C3C(O)C21. The second-order valence-corrected chi connectivity index (χ2v) is 11.9. The van der Waals surface area contributed by atoms with E-state index in [0.717, 1.165) is 31.4 Å². The number of carbonyl (C=O) groups excluding carboxylic acids is 3. The van der Waals surface area contributed by atoms with Gasteiger partial charge in [-0.2, -0.15) is 11.8 Å². The fourth-order valence-corrected chi connectivity index (χ4v) is 7.65. The summed E-state index contributed by atoms with van der Waals surface area (Å²) in [6.07, 6.45) is 2.66. The Labute approximate surface area is 231 Å². The van der Waals surface area contributed by atoms with Gasteiger partial charge in [0.1, 0.15) is 22.8 Å². The fraction of sp³-hybridized carbons (Fsp3) is 0.536. The quantitative estimate of drug-likeness (QED) is 0.192. The van der Waals surface area contributed by atoms with E-state index in [1.54, 1.807) is 23.9 Å². The van der Waals surface area contributed by atoms with Crippen LogP contribution < -0.4 is 5.73 Å². The standard InChI is InChI=1S/C28H36N2O8S/c1-4-5-6-7-11-39-12-14-13-9-8-10-15(31)16(13)22(32)18-17(14)23(33)20-21(30(2)3)24(34)19(27(29)37)26(36)28(20,38)25(18)35/h8-10,14,17,20-21,23,31-33,36,38H,4-7,11-12H2,1-3H3,(H2,29,37)/t14-,17?,20?,21-,23?,28-/m0/s1. The molecule has 0 radical (unpaired) electrons. The van der Waals surface area contributed by atoms with Crippen molar-refractivity contribution in [3.8, 4) is 5.75 Å². The Bertz CT molecular complexity index is 1260. The van der Waals surface area contributed by atoms with Gasteiger partial charge in [0.25, 0.3) is 5.91 Å². The molecule has 7 N–H and O–H groups in total. The third-order valence-electron chi connectivity index (χ3n) is 8.24. The number of phenols is 1. The zero-order valence-corrected chi connectivity index (χ0v) is 23.1. The van der Waals surface area contributed by atoms with Gasteiger partial charge in [-0.05, 0) is 37.9 Å². The van der Waals surface area contributed by atoms with Crippen molar-refractivity contribution < 1.29 is 39.9 Å². The third-order valence-corrected chi connectivity index (χ3v) is 9.41. The summed E-state index contributed by atoms with van der Waals surface area (Å²) < 4.78 is 0. The van der Waals surface area contributed by atoms with Gasteiger partial charge in [0.2, 0.25) is 5.78 Å². The highest BCUT2D eigenvalue weighted by atomic mass is 32.2. The Balaban J connectivity index is 1.89. The van der Waals surface area contributed by atoms with Crippen molar-refractivity contribution in [3.05, 3.63) is 46.2 Å². The van der Waals surface area contributed by atoms with Crippen molar-refractivity contribution in [2.45, 2.75) is 56.3 Å². The molecule has 39 heavy (non-hydrogen) atoms. The van der Waals surface area contributed by atoms with Crippen LogP contribution in [0.1, 0.15) is 49.7 Å². The lowest BCUT2D eigenvalue weighted by Crippen LogP contribution is -2.70. The van der Waals surface area contributed by atoms with Crippen molar-refractivity contribution in [2.75, 3.05) is 25.6 Å². The van der Waals surface area contributed by atoms with Gasteiger partial charge in [-0.15, -0.1) is 0 Å². The molecule has 3 aliphatic carbocycles. The molecule has 1 amide bonds. The Kier molecular flexibility index (Phi) is 8.18. The molecule has 0 heterocycles. The second kappa shape index (κ2) is 11.0. The lowest BCUT2D eigenvalue weighted by Gasteiger charge is -2.54. The number of thioether (sulfide) groups is 1. The molecule has 1 aromatic carbocycles. The number of carbonyl (C=O) groups is 3. The predicted octanol–water partition coefficient (Wildman–Crippen LogP) is 1.79. The number of nitrogens with zero attached hydrogens (tertiary/aromatic N) is 1. The molecular formula is C28H36N2O8S. The van der Waals surface area contributed by atoms with E-state index in [-0.39, 0.29) is 16.9 Å². The highest BCUT2D eigenvalue weighted by molar-refractivity contribution is 7.99. The van der Waals surface area contributed by atoms with Gasteiger partial charge < -0.3 is 31.3 Å². The van der Waals surface area contributed by atoms with Crippen LogP contribution in [0.5, 0.6) is 5.75 Å². The molecule has 3 aliphatic rings. The molecule has 212 valence electrons. The Morgan fingerprint density at radius 3 is 2.44 bits per heavy atom. The zero-order valence-electron chi connectivity index (χ0n) is 22.3. The molecule has 0 bridgehead atoms. The van der Waals surface area contributed by atoms with E-state index in [4.69, 9.17) is 5.73 Å². The van der Waals surface area contributed by atoms with Crippen molar-refractivity contribution in [1.82, 2.24) is 4.90 Å². The largest absolute Gasteiger partial charge is 0.508 e. The van der Waals surface area contributed by atoms with Gasteiger partial charge in [0, 0.05) is 23.2 Å². The molecule has 4 rings (SSSR count). The smallest absolute Gasteiger partial charge is 0.255 e. The first-order valence-corrected chi connectivity index (χ1v) is 14.3. The van der Waals surface area contributed by atoms with Gasteiger partial charge in [-0.1, -0.05) is 38.3 Å². The number of unbranched alkanes of at least 4 members (excludes halogenated alkanes) is 3. The number of hydrogen-bond donors (Lipinski definition) is 6. The number of aliphatic hydroxyl groups excluding tert-OH is 3. The minimum Gasteiger partial charge on any atom is -0.508 e. The number of aliphatic hydroxyl groups is 4. The Morgan fingerprint density at radius 1 is 1.13 bits per heavy atom. The van der Waals surface area contributed by atoms with Crippen LogP contribution in [0.15, 0.2) is 35.1 Å². The number of benzene rings is 1.